The van der Waals surface area contributed by atoms with E-state index in [2.05, 4.69) is 53.7 Å². The summed E-state index contributed by atoms with van der Waals surface area (Å²) < 4.78 is 5.48. The normalized spacial score (nSPS) is 18.6. The molecule has 2 amide bonds. The van der Waals surface area contributed by atoms with Crippen LogP contribution >= 0.6 is 11.3 Å². The maximum atomic E-state index is 13.4. The largest absolute Gasteiger partial charge is 0.444 e. The van der Waals surface area contributed by atoms with Gasteiger partial charge in [-0.1, -0.05) is 74.5 Å². The van der Waals surface area contributed by atoms with E-state index < -0.39 is 6.09 Å². The van der Waals surface area contributed by atoms with Gasteiger partial charge in [0.15, 0.2) is 0 Å². The first-order chi connectivity index (χ1) is 19.5. The lowest BCUT2D eigenvalue weighted by atomic mass is 9.76. The van der Waals surface area contributed by atoms with E-state index in [9.17, 15) is 9.59 Å². The summed E-state index contributed by atoms with van der Waals surface area (Å²) in [5.74, 6) is 1.68. The van der Waals surface area contributed by atoms with E-state index in [1.165, 1.54) is 16.9 Å². The Balaban J connectivity index is 1.39. The van der Waals surface area contributed by atoms with Gasteiger partial charge in [-0.15, -0.1) is 11.3 Å². The first kappa shape index (κ1) is 29.8. The van der Waals surface area contributed by atoms with Crippen molar-refractivity contribution in [1.82, 2.24) is 15.6 Å². The van der Waals surface area contributed by atoms with Gasteiger partial charge in [0.25, 0.3) is 0 Å². The van der Waals surface area contributed by atoms with Crippen LogP contribution in [0.3, 0.4) is 0 Å². The summed E-state index contributed by atoms with van der Waals surface area (Å²) in [7, 11) is 0. The summed E-state index contributed by atoms with van der Waals surface area (Å²) in [6, 6.07) is 20.4. The molecule has 1 heterocycles. The first-order valence-electron chi connectivity index (χ1n) is 14.6. The van der Waals surface area contributed by atoms with Gasteiger partial charge in [-0.25, -0.2) is 4.79 Å². The molecule has 4 rings (SSSR count). The lowest BCUT2D eigenvalue weighted by Crippen LogP contribution is -2.43. The number of carbonyl (C=O) groups excluding carboxylic acids is 2. The quantitative estimate of drug-likeness (QED) is 0.237. The highest BCUT2D eigenvalue weighted by Crippen LogP contribution is 2.33. The van der Waals surface area contributed by atoms with Crippen LogP contribution in [0.4, 0.5) is 4.79 Å². The highest BCUT2D eigenvalue weighted by Gasteiger charge is 2.29. The Morgan fingerprint density at radius 2 is 1.45 bits per heavy atom. The fourth-order valence-corrected chi connectivity index (χ4v) is 6.18. The third-order valence-corrected chi connectivity index (χ3v) is 8.85. The second-order valence-corrected chi connectivity index (χ2v) is 12.4. The van der Waals surface area contributed by atoms with Crippen LogP contribution in [-0.2, 0) is 29.0 Å². The van der Waals surface area contributed by atoms with Crippen LogP contribution in [0.5, 0.6) is 0 Å². The van der Waals surface area contributed by atoms with Gasteiger partial charge in [-0.2, -0.15) is 0 Å². The van der Waals surface area contributed by atoms with Crippen LogP contribution in [-0.4, -0.2) is 29.1 Å². The zero-order valence-electron chi connectivity index (χ0n) is 23.8. The van der Waals surface area contributed by atoms with Gasteiger partial charge < -0.3 is 15.4 Å². The Bertz CT molecular complexity index is 1150. The Morgan fingerprint density at radius 3 is 1.98 bits per heavy atom. The Morgan fingerprint density at radius 1 is 0.875 bits per heavy atom. The number of hydrogen-bond acceptors (Lipinski definition) is 5. The smallest absolute Gasteiger partial charge is 0.407 e. The second kappa shape index (κ2) is 15.6. The number of nitrogens with zero attached hydrogens (tertiary/aromatic N) is 1. The van der Waals surface area contributed by atoms with Crippen LogP contribution in [0.25, 0.3) is 0 Å². The van der Waals surface area contributed by atoms with Crippen molar-refractivity contribution in [2.24, 2.45) is 17.8 Å². The molecule has 0 radical (unpaired) electrons. The van der Waals surface area contributed by atoms with Crippen molar-refractivity contribution in [2.75, 3.05) is 0 Å². The molecule has 2 N–H and O–H groups in total. The number of amides is 2. The Kier molecular flexibility index (Phi) is 11.6. The minimum atomic E-state index is -0.431. The number of rotatable bonds is 13. The fraction of sp³-hybridized carbons (Fsp3) is 0.485. The molecule has 40 heavy (non-hydrogen) atoms. The molecular weight excluding hydrogens is 518 g/mol. The number of thiazole rings is 1. The number of hydrogen-bond donors (Lipinski definition) is 2. The molecule has 6 nitrogen and oxygen atoms in total. The van der Waals surface area contributed by atoms with Crippen molar-refractivity contribution in [3.05, 3.63) is 88.4 Å². The highest BCUT2D eigenvalue weighted by molar-refractivity contribution is 7.09. The van der Waals surface area contributed by atoms with Crippen LogP contribution in [0.15, 0.2) is 72.4 Å². The number of alkyl carbamates (subject to hydrolysis) is 1. The van der Waals surface area contributed by atoms with Crippen LogP contribution < -0.4 is 10.6 Å². The van der Waals surface area contributed by atoms with Crippen molar-refractivity contribution in [2.45, 2.75) is 83.9 Å². The van der Waals surface area contributed by atoms with Crippen molar-refractivity contribution >= 4 is 23.3 Å². The zero-order chi connectivity index (χ0) is 28.2. The summed E-state index contributed by atoms with van der Waals surface area (Å²) in [6.07, 6.45) is 8.43. The molecule has 0 unspecified atom stereocenters. The standard InChI is InChI=1S/C33H43N3O3S/c1-24(2)27-13-15-28(16-14-27)32(37)35-29(19-25-9-5-3-6-10-25)17-18-30(20-26-11-7-4-8-12-26)36-33(38)39-22-31-21-34-23-40-31/h3-12,21,23-24,27-30H,13-20,22H2,1-2H3,(H,35,37)(H,36,38)/t27-,28-,29-,30-/m1/s1. The molecule has 0 spiro atoms. The molecule has 1 aromatic heterocycles. The first-order valence-corrected chi connectivity index (χ1v) is 15.5. The summed E-state index contributed by atoms with van der Waals surface area (Å²) in [5.41, 5.74) is 4.08. The van der Waals surface area contributed by atoms with E-state index in [0.717, 1.165) is 61.3 Å². The van der Waals surface area contributed by atoms with Gasteiger partial charge >= 0.3 is 6.09 Å². The highest BCUT2D eigenvalue weighted by atomic mass is 32.1. The van der Waals surface area contributed by atoms with Gasteiger partial charge in [-0.3, -0.25) is 9.78 Å². The molecule has 3 aromatic rings. The van der Waals surface area contributed by atoms with Gasteiger partial charge in [0, 0.05) is 24.2 Å². The molecule has 1 saturated carbocycles. The maximum Gasteiger partial charge on any atom is 0.407 e. The third kappa shape index (κ3) is 9.77. The molecule has 214 valence electrons. The molecule has 7 heteroatoms. The van der Waals surface area contributed by atoms with E-state index in [4.69, 9.17) is 4.74 Å². The topological polar surface area (TPSA) is 80.3 Å². The number of aromatic nitrogens is 1. The second-order valence-electron chi connectivity index (χ2n) is 11.4. The Hall–Kier alpha value is -3.19. The van der Waals surface area contributed by atoms with Crippen molar-refractivity contribution < 1.29 is 14.3 Å². The Labute approximate surface area is 243 Å². The SMILES string of the molecule is CC(C)[C@H]1CC[C@H](C(=O)N[C@H](CC[C@H](Cc2ccccc2)NC(=O)OCc2cncs2)Cc2ccccc2)CC1. The van der Waals surface area contributed by atoms with Gasteiger partial charge in [0.05, 0.1) is 10.4 Å². The van der Waals surface area contributed by atoms with Crippen molar-refractivity contribution in [1.29, 1.82) is 0 Å². The number of benzene rings is 2. The summed E-state index contributed by atoms with van der Waals surface area (Å²) in [4.78, 5) is 31.0. The molecule has 1 fully saturated rings. The monoisotopic (exact) mass is 561 g/mol. The minimum Gasteiger partial charge on any atom is -0.444 e. The molecule has 0 aliphatic heterocycles. The number of ether oxygens (including phenoxy) is 1. The van der Waals surface area contributed by atoms with E-state index >= 15 is 0 Å². The van der Waals surface area contributed by atoms with E-state index in [0.29, 0.717) is 12.3 Å². The fourth-order valence-electron chi connectivity index (χ4n) is 5.68. The lowest BCUT2D eigenvalue weighted by Gasteiger charge is -2.31. The van der Waals surface area contributed by atoms with Gasteiger partial charge in [-0.05, 0) is 74.3 Å². The summed E-state index contributed by atoms with van der Waals surface area (Å²) in [5, 5.41) is 6.50. The average Bonchev–Trinajstić information content (AvgIpc) is 3.50. The van der Waals surface area contributed by atoms with E-state index in [-0.39, 0.29) is 30.5 Å². The molecule has 2 atom stereocenters. The predicted octanol–water partition coefficient (Wildman–Crippen LogP) is 6.95. The average molecular weight is 562 g/mol. The van der Waals surface area contributed by atoms with Crippen molar-refractivity contribution in [3.63, 3.8) is 0 Å². The number of nitrogens with one attached hydrogen (secondary N) is 2. The molecule has 0 saturated heterocycles. The van der Waals surface area contributed by atoms with Crippen molar-refractivity contribution in [3.8, 4) is 0 Å². The van der Waals surface area contributed by atoms with Crippen LogP contribution in [0, 0.1) is 17.8 Å². The predicted molar refractivity (Wildman–Crippen MR) is 161 cm³/mol. The van der Waals surface area contributed by atoms with Gasteiger partial charge in [0.1, 0.15) is 6.61 Å². The van der Waals surface area contributed by atoms with Crippen LogP contribution in [0.1, 0.15) is 68.4 Å². The minimum absolute atomic E-state index is 0.00832. The number of carbonyl (C=O) groups is 2. The lowest BCUT2D eigenvalue weighted by molar-refractivity contribution is -0.127. The summed E-state index contributed by atoms with van der Waals surface area (Å²) >= 11 is 1.46. The molecule has 0 bridgehead atoms. The molecule has 1 aliphatic carbocycles. The van der Waals surface area contributed by atoms with Crippen LogP contribution in [0.2, 0.25) is 0 Å². The van der Waals surface area contributed by atoms with Gasteiger partial charge in [0.2, 0.25) is 5.91 Å². The zero-order valence-corrected chi connectivity index (χ0v) is 24.6. The maximum absolute atomic E-state index is 13.4. The summed E-state index contributed by atoms with van der Waals surface area (Å²) in [6.45, 7) is 4.78. The molecule has 1 aliphatic rings. The molecular formula is C33H43N3O3S. The third-order valence-electron chi connectivity index (χ3n) is 8.10. The van der Waals surface area contributed by atoms with E-state index in [1.54, 1.807) is 11.7 Å². The van der Waals surface area contributed by atoms with E-state index in [1.807, 2.05) is 36.4 Å². The molecule has 2 aromatic carbocycles.